The van der Waals surface area contributed by atoms with Crippen LogP contribution in [0.2, 0.25) is 0 Å². The number of nitrogens with two attached hydrogens (primary N) is 1. The Kier molecular flexibility index (Phi) is 7.42. The fourth-order valence-electron chi connectivity index (χ4n) is 3.03. The van der Waals surface area contributed by atoms with Gasteiger partial charge in [0, 0.05) is 44.5 Å². The van der Waals surface area contributed by atoms with Gasteiger partial charge < -0.3 is 16.0 Å². The first-order valence-electron chi connectivity index (χ1n) is 8.62. The first-order valence-corrected chi connectivity index (χ1v) is 10.9. The molecule has 26 heavy (non-hydrogen) atoms. The van der Waals surface area contributed by atoms with Gasteiger partial charge in [0.2, 0.25) is 15.9 Å². The number of carbonyl (C=O) groups excluding carboxylic acids is 1. The van der Waals surface area contributed by atoms with E-state index in [2.05, 4.69) is 19.9 Å². The molecule has 1 fully saturated rings. The third-order valence-corrected chi connectivity index (χ3v) is 7.15. The first-order chi connectivity index (χ1) is 12.3. The number of nitrogens with one attached hydrogen (secondary N) is 2. The maximum Gasteiger partial charge on any atom is 0.250 e. The largest absolute Gasteiger partial charge is 0.370 e. The molecule has 146 valence electrons. The van der Waals surface area contributed by atoms with Crippen molar-refractivity contribution in [1.82, 2.24) is 14.9 Å². The van der Waals surface area contributed by atoms with Gasteiger partial charge in [-0.15, -0.1) is 11.3 Å². The zero-order valence-corrected chi connectivity index (χ0v) is 16.8. The van der Waals surface area contributed by atoms with Gasteiger partial charge in [-0.25, -0.2) is 13.1 Å². The summed E-state index contributed by atoms with van der Waals surface area (Å²) in [5.74, 6) is 0.670. The molecule has 1 aromatic rings. The smallest absolute Gasteiger partial charge is 0.250 e. The molecule has 0 aromatic carbocycles. The number of hydrogen-bond donors (Lipinski definition) is 3. The summed E-state index contributed by atoms with van der Waals surface area (Å²) in [7, 11) is -1.77. The van der Waals surface area contributed by atoms with Crippen molar-refractivity contribution in [2.75, 3.05) is 33.2 Å². The van der Waals surface area contributed by atoms with Crippen LogP contribution in [0.4, 0.5) is 0 Å². The molecule has 1 atom stereocenters. The number of aliphatic imine (C=N–C) groups is 1. The molecule has 1 unspecified atom stereocenters. The highest BCUT2D eigenvalue weighted by atomic mass is 32.2. The van der Waals surface area contributed by atoms with Gasteiger partial charge in [0.05, 0.1) is 0 Å². The van der Waals surface area contributed by atoms with Gasteiger partial charge in [-0.3, -0.25) is 9.79 Å². The standard InChI is InChI=1S/C16H27N5O3S2/c1-12-5-6-15(25-12)26(23,24)20-8-7-19-16(18-2)21-9-3-4-13(11-21)10-14(17)22/h5-6,13,20H,3-4,7-11H2,1-2H3,(H2,17,22)(H,18,19). The van der Waals surface area contributed by atoms with Crippen molar-refractivity contribution in [1.29, 1.82) is 0 Å². The number of aryl methyl sites for hydroxylation is 1. The van der Waals surface area contributed by atoms with Crippen molar-refractivity contribution >= 4 is 33.2 Å². The van der Waals surface area contributed by atoms with Crippen molar-refractivity contribution < 1.29 is 13.2 Å². The van der Waals surface area contributed by atoms with Crippen LogP contribution < -0.4 is 15.8 Å². The Morgan fingerprint density at radius 3 is 2.81 bits per heavy atom. The number of guanidine groups is 1. The molecule has 1 aliphatic heterocycles. The molecular weight excluding hydrogens is 374 g/mol. The molecule has 0 bridgehead atoms. The Morgan fingerprint density at radius 1 is 1.42 bits per heavy atom. The van der Waals surface area contributed by atoms with E-state index < -0.39 is 10.0 Å². The summed E-state index contributed by atoms with van der Waals surface area (Å²) in [6.45, 7) is 4.14. The highest BCUT2D eigenvalue weighted by Crippen LogP contribution is 2.20. The van der Waals surface area contributed by atoms with Crippen molar-refractivity contribution in [3.05, 3.63) is 17.0 Å². The van der Waals surface area contributed by atoms with Crippen LogP contribution in [-0.2, 0) is 14.8 Å². The highest BCUT2D eigenvalue weighted by molar-refractivity contribution is 7.91. The number of rotatable bonds is 7. The summed E-state index contributed by atoms with van der Waals surface area (Å²) in [6, 6.07) is 3.40. The monoisotopic (exact) mass is 401 g/mol. The molecule has 0 radical (unpaired) electrons. The minimum Gasteiger partial charge on any atom is -0.370 e. The van der Waals surface area contributed by atoms with E-state index in [9.17, 15) is 13.2 Å². The molecule has 0 saturated carbocycles. The lowest BCUT2D eigenvalue weighted by Crippen LogP contribution is -2.48. The maximum atomic E-state index is 12.2. The van der Waals surface area contributed by atoms with Crippen LogP contribution in [0.3, 0.4) is 0 Å². The van der Waals surface area contributed by atoms with Crippen LogP contribution in [0.15, 0.2) is 21.3 Å². The normalized spacial score (nSPS) is 18.8. The number of sulfonamides is 1. The number of carbonyl (C=O) groups is 1. The number of thiophene rings is 1. The van der Waals surface area contributed by atoms with Gasteiger partial charge in [-0.1, -0.05) is 0 Å². The first kappa shape index (κ1) is 20.7. The molecule has 0 aliphatic carbocycles. The van der Waals surface area contributed by atoms with Crippen molar-refractivity contribution in [3.63, 3.8) is 0 Å². The molecule has 1 saturated heterocycles. The Morgan fingerprint density at radius 2 is 2.19 bits per heavy atom. The zero-order valence-electron chi connectivity index (χ0n) is 15.2. The molecule has 1 aromatic heterocycles. The van der Waals surface area contributed by atoms with Gasteiger partial charge in [0.25, 0.3) is 0 Å². The summed E-state index contributed by atoms with van der Waals surface area (Å²) in [6.07, 6.45) is 2.34. The second-order valence-electron chi connectivity index (χ2n) is 6.36. The van der Waals surface area contributed by atoms with Gasteiger partial charge >= 0.3 is 0 Å². The van der Waals surface area contributed by atoms with E-state index in [1.807, 2.05) is 6.92 Å². The lowest BCUT2D eigenvalue weighted by molar-refractivity contribution is -0.119. The van der Waals surface area contributed by atoms with Gasteiger partial charge in [0.1, 0.15) is 4.21 Å². The van der Waals surface area contributed by atoms with E-state index in [0.717, 1.165) is 30.8 Å². The minimum atomic E-state index is -3.47. The number of amides is 1. The summed E-state index contributed by atoms with van der Waals surface area (Å²) >= 11 is 1.25. The second-order valence-corrected chi connectivity index (χ2v) is 9.64. The third kappa shape index (κ3) is 5.96. The van der Waals surface area contributed by atoms with Crippen LogP contribution in [0, 0.1) is 12.8 Å². The van der Waals surface area contributed by atoms with E-state index in [1.54, 1.807) is 19.2 Å². The quantitative estimate of drug-likeness (QED) is 0.349. The Hall–Kier alpha value is -1.65. The lowest BCUT2D eigenvalue weighted by Gasteiger charge is -2.34. The Labute approximate surface area is 158 Å². The van der Waals surface area contributed by atoms with Gasteiger partial charge in [-0.2, -0.15) is 0 Å². The van der Waals surface area contributed by atoms with Crippen LogP contribution in [0.25, 0.3) is 0 Å². The predicted octanol–water partition coefficient (Wildman–Crippen LogP) is 0.498. The third-order valence-electron chi connectivity index (χ3n) is 4.20. The molecule has 1 aliphatic rings. The predicted molar refractivity (Wildman–Crippen MR) is 104 cm³/mol. The minimum absolute atomic E-state index is 0.236. The van der Waals surface area contributed by atoms with Crippen LogP contribution in [-0.4, -0.2) is 58.4 Å². The SMILES string of the molecule is CN=C(NCCNS(=O)(=O)c1ccc(C)s1)N1CCCC(CC(N)=O)C1. The molecule has 0 spiro atoms. The molecule has 1 amide bonds. The fourth-order valence-corrected chi connectivity index (χ4v) is 5.39. The van der Waals surface area contributed by atoms with E-state index in [1.165, 1.54) is 11.3 Å². The van der Waals surface area contributed by atoms with Crippen LogP contribution in [0.1, 0.15) is 24.1 Å². The summed E-state index contributed by atoms with van der Waals surface area (Å²) in [4.78, 5) is 18.4. The Balaban J connectivity index is 1.81. The van der Waals surface area contributed by atoms with Crippen LogP contribution >= 0.6 is 11.3 Å². The highest BCUT2D eigenvalue weighted by Gasteiger charge is 2.23. The van der Waals surface area contributed by atoms with E-state index in [4.69, 9.17) is 5.73 Å². The van der Waals surface area contributed by atoms with Crippen molar-refractivity contribution in [2.45, 2.75) is 30.4 Å². The maximum absolute atomic E-state index is 12.2. The second kappa shape index (κ2) is 9.33. The topological polar surface area (TPSA) is 117 Å². The molecule has 8 nitrogen and oxygen atoms in total. The average molecular weight is 402 g/mol. The van der Waals surface area contributed by atoms with Crippen molar-refractivity contribution in [3.8, 4) is 0 Å². The zero-order chi connectivity index (χ0) is 19.2. The molecule has 2 rings (SSSR count). The average Bonchev–Trinajstić information content (AvgIpc) is 3.02. The van der Waals surface area contributed by atoms with Gasteiger partial charge in [-0.05, 0) is 37.8 Å². The Bertz CT molecular complexity index is 745. The van der Waals surface area contributed by atoms with Crippen LogP contribution in [0.5, 0.6) is 0 Å². The van der Waals surface area contributed by atoms with E-state index in [0.29, 0.717) is 23.1 Å². The number of primary amides is 1. The number of likely N-dealkylation sites (tertiary alicyclic amines) is 1. The van der Waals surface area contributed by atoms with E-state index in [-0.39, 0.29) is 18.4 Å². The molecule has 4 N–H and O–H groups in total. The van der Waals surface area contributed by atoms with E-state index >= 15 is 0 Å². The molecule has 10 heteroatoms. The molecule has 2 heterocycles. The number of nitrogens with zero attached hydrogens (tertiary/aromatic N) is 2. The lowest BCUT2D eigenvalue weighted by atomic mass is 9.95. The summed E-state index contributed by atoms with van der Waals surface area (Å²) in [5, 5.41) is 3.18. The molecular formula is C16H27N5O3S2. The number of piperidine rings is 1. The number of hydrogen-bond acceptors (Lipinski definition) is 5. The summed E-state index contributed by atoms with van der Waals surface area (Å²) in [5.41, 5.74) is 5.30. The summed E-state index contributed by atoms with van der Waals surface area (Å²) < 4.78 is 27.3. The van der Waals surface area contributed by atoms with Crippen molar-refractivity contribution in [2.24, 2.45) is 16.6 Å². The fraction of sp³-hybridized carbons (Fsp3) is 0.625. The van der Waals surface area contributed by atoms with Gasteiger partial charge in [0.15, 0.2) is 5.96 Å².